The summed E-state index contributed by atoms with van der Waals surface area (Å²) in [4.78, 5) is 12.6. The second-order valence-electron chi connectivity index (χ2n) is 5.60. The van der Waals surface area contributed by atoms with E-state index in [0.717, 1.165) is 15.8 Å². The predicted octanol–water partition coefficient (Wildman–Crippen LogP) is 5.29. The molecule has 0 saturated heterocycles. The number of amides is 1. The van der Waals surface area contributed by atoms with E-state index in [1.165, 1.54) is 0 Å². The van der Waals surface area contributed by atoms with Gasteiger partial charge in [0.25, 0.3) is 5.91 Å². The van der Waals surface area contributed by atoms with Crippen LogP contribution in [0.15, 0.2) is 77.3 Å². The van der Waals surface area contributed by atoms with Crippen molar-refractivity contribution in [3.63, 3.8) is 0 Å². The lowest BCUT2D eigenvalue weighted by molar-refractivity contribution is 0.102. The number of rotatable bonds is 6. The maximum Gasteiger partial charge on any atom is 0.259 e. The maximum atomic E-state index is 12.6. The Hall–Kier alpha value is -2.79. The summed E-state index contributed by atoms with van der Waals surface area (Å²) in [6.45, 7) is 0.381. The molecule has 0 aliphatic heterocycles. The van der Waals surface area contributed by atoms with Crippen molar-refractivity contribution in [2.45, 2.75) is 6.61 Å². The molecule has 0 aliphatic rings. The zero-order chi connectivity index (χ0) is 18.4. The van der Waals surface area contributed by atoms with Crippen LogP contribution in [0.3, 0.4) is 0 Å². The van der Waals surface area contributed by atoms with Crippen molar-refractivity contribution >= 4 is 27.5 Å². The third-order valence-corrected chi connectivity index (χ3v) is 4.26. The normalized spacial score (nSPS) is 10.2. The number of ether oxygens (including phenoxy) is 2. The van der Waals surface area contributed by atoms with Crippen molar-refractivity contribution in [3.05, 3.63) is 88.4 Å². The summed E-state index contributed by atoms with van der Waals surface area (Å²) < 4.78 is 12.0. The molecule has 4 nitrogen and oxygen atoms in total. The molecule has 0 aromatic heterocycles. The Morgan fingerprint density at radius 3 is 2.50 bits per heavy atom. The van der Waals surface area contributed by atoms with Crippen LogP contribution in [0.2, 0.25) is 0 Å². The number of nitrogens with one attached hydrogen (secondary N) is 1. The lowest BCUT2D eigenvalue weighted by atomic mass is 10.1. The van der Waals surface area contributed by atoms with Crippen LogP contribution >= 0.6 is 15.9 Å². The Morgan fingerprint density at radius 2 is 1.77 bits per heavy atom. The molecule has 3 rings (SSSR count). The van der Waals surface area contributed by atoms with E-state index in [9.17, 15) is 4.79 Å². The van der Waals surface area contributed by atoms with Gasteiger partial charge in [-0.2, -0.15) is 0 Å². The zero-order valence-electron chi connectivity index (χ0n) is 14.2. The predicted molar refractivity (Wildman–Crippen MR) is 106 cm³/mol. The second kappa shape index (κ2) is 8.54. The Morgan fingerprint density at radius 1 is 1.00 bits per heavy atom. The smallest absolute Gasteiger partial charge is 0.259 e. The molecule has 3 aromatic carbocycles. The van der Waals surface area contributed by atoms with Gasteiger partial charge in [-0.3, -0.25) is 4.79 Å². The van der Waals surface area contributed by atoms with Gasteiger partial charge in [-0.25, -0.2) is 0 Å². The fourth-order valence-electron chi connectivity index (χ4n) is 2.44. The number of halogens is 1. The third kappa shape index (κ3) is 4.64. The van der Waals surface area contributed by atoms with E-state index in [4.69, 9.17) is 9.47 Å². The molecule has 0 atom stereocenters. The molecule has 0 bridgehead atoms. The summed E-state index contributed by atoms with van der Waals surface area (Å²) in [6, 6.07) is 22.3. The quantitative estimate of drug-likeness (QED) is 0.599. The van der Waals surface area contributed by atoms with Gasteiger partial charge in [-0.15, -0.1) is 0 Å². The van der Waals surface area contributed by atoms with Crippen molar-refractivity contribution in [2.24, 2.45) is 0 Å². The van der Waals surface area contributed by atoms with Gasteiger partial charge >= 0.3 is 0 Å². The molecule has 5 heteroatoms. The first kappa shape index (κ1) is 18.0. The Labute approximate surface area is 160 Å². The molecule has 1 amide bonds. The summed E-state index contributed by atoms with van der Waals surface area (Å²) in [6.07, 6.45) is 0. The number of hydrogen-bond acceptors (Lipinski definition) is 3. The number of carbonyl (C=O) groups excluding carboxylic acids is 1. The van der Waals surface area contributed by atoms with E-state index in [0.29, 0.717) is 23.6 Å². The highest BCUT2D eigenvalue weighted by Crippen LogP contribution is 2.22. The summed E-state index contributed by atoms with van der Waals surface area (Å²) in [5.74, 6) is 1.05. The van der Waals surface area contributed by atoms with Gasteiger partial charge in [0.1, 0.15) is 18.1 Å². The summed E-state index contributed by atoms with van der Waals surface area (Å²) in [5.41, 5.74) is 2.20. The average molecular weight is 412 g/mol. The molecule has 1 N–H and O–H groups in total. The fraction of sp³-hybridized carbons (Fsp3) is 0.0952. The van der Waals surface area contributed by atoms with Crippen LogP contribution < -0.4 is 14.8 Å². The van der Waals surface area contributed by atoms with E-state index in [-0.39, 0.29) is 5.91 Å². The van der Waals surface area contributed by atoms with Crippen LogP contribution in [0.25, 0.3) is 0 Å². The van der Waals surface area contributed by atoms with Gasteiger partial charge in [-0.1, -0.05) is 40.2 Å². The minimum Gasteiger partial charge on any atom is -0.497 e. The van der Waals surface area contributed by atoms with E-state index < -0.39 is 0 Å². The van der Waals surface area contributed by atoms with E-state index in [1.54, 1.807) is 43.5 Å². The second-order valence-corrected chi connectivity index (χ2v) is 6.51. The van der Waals surface area contributed by atoms with Gasteiger partial charge in [-0.05, 0) is 54.1 Å². The largest absolute Gasteiger partial charge is 0.497 e. The molecule has 0 heterocycles. The van der Waals surface area contributed by atoms with Gasteiger partial charge in [0, 0.05) is 10.2 Å². The number of hydrogen-bond donors (Lipinski definition) is 1. The Bertz CT molecular complexity index is 894. The minimum absolute atomic E-state index is 0.222. The number of anilines is 1. The monoisotopic (exact) mass is 411 g/mol. The van der Waals surface area contributed by atoms with Gasteiger partial charge in [0.2, 0.25) is 0 Å². The number of para-hydroxylation sites is 1. The molecule has 0 spiro atoms. The Kier molecular flexibility index (Phi) is 5.92. The van der Waals surface area contributed by atoms with Crippen LogP contribution in [-0.2, 0) is 6.61 Å². The zero-order valence-corrected chi connectivity index (χ0v) is 15.8. The highest BCUT2D eigenvalue weighted by Gasteiger charge is 2.12. The first-order valence-electron chi connectivity index (χ1n) is 8.07. The van der Waals surface area contributed by atoms with Crippen LogP contribution in [-0.4, -0.2) is 13.0 Å². The lowest BCUT2D eigenvalue weighted by Gasteiger charge is -2.12. The lowest BCUT2D eigenvalue weighted by Crippen LogP contribution is -2.13. The summed E-state index contributed by atoms with van der Waals surface area (Å²) >= 11 is 3.44. The topological polar surface area (TPSA) is 47.6 Å². The van der Waals surface area contributed by atoms with Crippen LogP contribution in [0.5, 0.6) is 11.5 Å². The summed E-state index contributed by atoms with van der Waals surface area (Å²) in [7, 11) is 1.60. The minimum atomic E-state index is -0.222. The van der Waals surface area contributed by atoms with Crippen molar-refractivity contribution in [1.82, 2.24) is 0 Å². The first-order valence-corrected chi connectivity index (χ1v) is 8.86. The molecule has 0 radical (unpaired) electrons. The third-order valence-electron chi connectivity index (χ3n) is 3.76. The maximum absolute atomic E-state index is 12.6. The van der Waals surface area contributed by atoms with E-state index >= 15 is 0 Å². The first-order chi connectivity index (χ1) is 12.7. The molecular weight excluding hydrogens is 394 g/mol. The molecule has 0 fully saturated rings. The molecule has 26 heavy (non-hydrogen) atoms. The van der Waals surface area contributed by atoms with Crippen molar-refractivity contribution in [2.75, 3.05) is 12.4 Å². The van der Waals surface area contributed by atoms with Crippen LogP contribution in [0, 0.1) is 0 Å². The highest BCUT2D eigenvalue weighted by molar-refractivity contribution is 9.10. The van der Waals surface area contributed by atoms with Crippen molar-refractivity contribution in [3.8, 4) is 11.5 Å². The molecular formula is C21H18BrNO3. The number of carbonyl (C=O) groups is 1. The van der Waals surface area contributed by atoms with Gasteiger partial charge < -0.3 is 14.8 Å². The van der Waals surface area contributed by atoms with Gasteiger partial charge in [0.05, 0.1) is 12.7 Å². The Balaban J connectivity index is 1.72. The fourth-order valence-corrected chi connectivity index (χ4v) is 2.89. The van der Waals surface area contributed by atoms with Crippen molar-refractivity contribution in [1.29, 1.82) is 0 Å². The van der Waals surface area contributed by atoms with Crippen LogP contribution in [0.4, 0.5) is 5.69 Å². The summed E-state index contributed by atoms with van der Waals surface area (Å²) in [5, 5.41) is 2.88. The molecule has 0 saturated carbocycles. The molecule has 0 unspecified atom stereocenters. The molecule has 3 aromatic rings. The van der Waals surface area contributed by atoms with Gasteiger partial charge in [0.15, 0.2) is 0 Å². The highest BCUT2D eigenvalue weighted by atomic mass is 79.9. The average Bonchev–Trinajstić information content (AvgIpc) is 2.67. The number of benzene rings is 3. The standard InChI is InChI=1S/C21H18BrNO3/c1-25-18-11-9-17(10-12-18)23-21(24)19-7-2-3-8-20(19)26-14-15-5-4-6-16(22)13-15/h2-13H,14H2,1H3,(H,23,24). The van der Waals surface area contributed by atoms with E-state index in [1.807, 2.05) is 36.4 Å². The number of methoxy groups -OCH3 is 1. The van der Waals surface area contributed by atoms with E-state index in [2.05, 4.69) is 21.2 Å². The van der Waals surface area contributed by atoms with Crippen LogP contribution in [0.1, 0.15) is 15.9 Å². The molecule has 132 valence electrons. The van der Waals surface area contributed by atoms with Crippen molar-refractivity contribution < 1.29 is 14.3 Å². The SMILES string of the molecule is COc1ccc(NC(=O)c2ccccc2OCc2cccc(Br)c2)cc1. The molecule has 0 aliphatic carbocycles.